The van der Waals surface area contributed by atoms with Crippen LogP contribution in [0.2, 0.25) is 0 Å². The number of aromatic nitrogens is 3. The number of H-pyrrole nitrogens is 1. The van der Waals surface area contributed by atoms with Gasteiger partial charge in [-0.1, -0.05) is 30.3 Å². The van der Waals surface area contributed by atoms with Crippen LogP contribution in [0.4, 0.5) is 0 Å². The summed E-state index contributed by atoms with van der Waals surface area (Å²) in [5.41, 5.74) is 1.90. The van der Waals surface area contributed by atoms with E-state index >= 15 is 0 Å². The first-order chi connectivity index (χ1) is 14.2. The maximum Gasteiger partial charge on any atom is 0.219 e. The van der Waals surface area contributed by atoms with Crippen LogP contribution in [0.5, 0.6) is 11.5 Å². The van der Waals surface area contributed by atoms with Crippen LogP contribution in [0.3, 0.4) is 0 Å². The van der Waals surface area contributed by atoms with Gasteiger partial charge in [0.05, 0.1) is 19.6 Å². The van der Waals surface area contributed by atoms with Crippen LogP contribution in [0.25, 0.3) is 11.6 Å². The first-order valence-corrected chi connectivity index (χ1v) is 9.26. The Balaban J connectivity index is 1.54. The molecule has 7 nitrogen and oxygen atoms in total. The smallest absolute Gasteiger partial charge is 0.219 e. The van der Waals surface area contributed by atoms with Crippen molar-refractivity contribution in [3.8, 4) is 23.1 Å². The van der Waals surface area contributed by atoms with Crippen molar-refractivity contribution in [2.45, 2.75) is 6.61 Å². The summed E-state index contributed by atoms with van der Waals surface area (Å²) in [6.07, 6.45) is 3.24. The molecule has 0 amide bonds. The summed E-state index contributed by atoms with van der Waals surface area (Å²) in [6, 6.07) is 19.1. The molecule has 8 heteroatoms. The largest absolute Gasteiger partial charge is 0.493 e. The first-order valence-electron chi connectivity index (χ1n) is 8.85. The SMILES string of the molecule is COc1cc(/C=N/n2c(-c3ccco3)n[nH]c2=S)ccc1OCc1ccccc1. The van der Waals surface area contributed by atoms with E-state index in [1.54, 1.807) is 31.7 Å². The summed E-state index contributed by atoms with van der Waals surface area (Å²) in [7, 11) is 1.60. The molecule has 0 fully saturated rings. The summed E-state index contributed by atoms with van der Waals surface area (Å²) in [4.78, 5) is 0. The zero-order valence-corrected chi connectivity index (χ0v) is 16.4. The van der Waals surface area contributed by atoms with Crippen molar-refractivity contribution in [3.63, 3.8) is 0 Å². The molecule has 0 saturated heterocycles. The minimum absolute atomic E-state index is 0.363. The zero-order valence-electron chi connectivity index (χ0n) is 15.6. The van der Waals surface area contributed by atoms with Gasteiger partial charge in [0.15, 0.2) is 17.3 Å². The number of methoxy groups -OCH3 is 1. The molecule has 0 atom stereocenters. The Kier molecular flexibility index (Phi) is 5.53. The van der Waals surface area contributed by atoms with Crippen molar-refractivity contribution in [2.75, 3.05) is 7.11 Å². The molecule has 1 N–H and O–H groups in total. The molecule has 0 bridgehead atoms. The van der Waals surface area contributed by atoms with Gasteiger partial charge in [0.2, 0.25) is 10.6 Å². The monoisotopic (exact) mass is 406 g/mol. The highest BCUT2D eigenvalue weighted by Crippen LogP contribution is 2.28. The molecule has 4 aromatic rings. The molecule has 0 spiro atoms. The predicted molar refractivity (Wildman–Crippen MR) is 112 cm³/mol. The third-order valence-corrected chi connectivity index (χ3v) is 4.40. The number of hydrogen-bond acceptors (Lipinski definition) is 6. The molecule has 0 saturated carbocycles. The topological polar surface area (TPSA) is 77.6 Å². The van der Waals surface area contributed by atoms with Crippen LogP contribution in [-0.2, 0) is 6.61 Å². The Bertz CT molecular complexity index is 1160. The maximum atomic E-state index is 5.89. The van der Waals surface area contributed by atoms with Gasteiger partial charge in [0.25, 0.3) is 0 Å². The average molecular weight is 406 g/mol. The molecule has 2 heterocycles. The van der Waals surface area contributed by atoms with Gasteiger partial charge in [-0.2, -0.15) is 9.78 Å². The zero-order chi connectivity index (χ0) is 20.1. The third-order valence-electron chi connectivity index (χ3n) is 4.14. The lowest BCUT2D eigenvalue weighted by atomic mass is 10.2. The molecular weight excluding hydrogens is 388 g/mol. The number of rotatable bonds is 7. The molecular formula is C21H18N4O3S. The maximum absolute atomic E-state index is 5.89. The summed E-state index contributed by atoms with van der Waals surface area (Å²) in [6.45, 7) is 0.460. The van der Waals surface area contributed by atoms with Crippen molar-refractivity contribution >= 4 is 18.4 Å². The van der Waals surface area contributed by atoms with Crippen LogP contribution in [-0.4, -0.2) is 28.2 Å². The van der Waals surface area contributed by atoms with E-state index in [9.17, 15) is 0 Å². The van der Waals surface area contributed by atoms with E-state index in [4.69, 9.17) is 26.1 Å². The van der Waals surface area contributed by atoms with Crippen LogP contribution >= 0.6 is 12.2 Å². The fourth-order valence-corrected chi connectivity index (χ4v) is 2.89. The van der Waals surface area contributed by atoms with Crippen molar-refractivity contribution < 1.29 is 13.9 Å². The number of nitrogens with one attached hydrogen (secondary N) is 1. The van der Waals surface area contributed by atoms with Gasteiger partial charge in [0.1, 0.15) is 6.61 Å². The fraction of sp³-hybridized carbons (Fsp3) is 0.0952. The van der Waals surface area contributed by atoms with Crippen LogP contribution in [0.15, 0.2) is 76.4 Å². The summed E-state index contributed by atoms with van der Waals surface area (Å²) in [5, 5.41) is 11.3. The Morgan fingerprint density at radius 2 is 2.00 bits per heavy atom. The van der Waals surface area contributed by atoms with Crippen molar-refractivity contribution in [2.24, 2.45) is 5.10 Å². The second kappa shape index (κ2) is 8.57. The lowest BCUT2D eigenvalue weighted by Gasteiger charge is -2.11. The third kappa shape index (κ3) is 4.27. The second-order valence-electron chi connectivity index (χ2n) is 6.07. The lowest BCUT2D eigenvalue weighted by molar-refractivity contribution is 0.284. The van der Waals surface area contributed by atoms with E-state index in [-0.39, 0.29) is 0 Å². The molecule has 146 valence electrons. The van der Waals surface area contributed by atoms with E-state index in [1.807, 2.05) is 48.5 Å². The molecule has 2 aromatic heterocycles. The highest BCUT2D eigenvalue weighted by Gasteiger charge is 2.11. The van der Waals surface area contributed by atoms with Gasteiger partial charge >= 0.3 is 0 Å². The van der Waals surface area contributed by atoms with Gasteiger partial charge < -0.3 is 13.9 Å². The van der Waals surface area contributed by atoms with Gasteiger partial charge in [-0.05, 0) is 53.7 Å². The number of ether oxygens (including phenoxy) is 2. The van der Waals surface area contributed by atoms with Gasteiger partial charge in [-0.25, -0.2) is 5.10 Å². The molecule has 0 radical (unpaired) electrons. The average Bonchev–Trinajstić information content (AvgIpc) is 3.41. The first kappa shape index (κ1) is 18.7. The predicted octanol–water partition coefficient (Wildman–Crippen LogP) is 4.67. The number of hydrogen-bond donors (Lipinski definition) is 1. The summed E-state index contributed by atoms with van der Waals surface area (Å²) >= 11 is 5.26. The molecule has 0 aliphatic heterocycles. The normalized spacial score (nSPS) is 11.1. The van der Waals surface area contributed by atoms with Crippen molar-refractivity contribution in [1.29, 1.82) is 0 Å². The van der Waals surface area contributed by atoms with Crippen LogP contribution in [0.1, 0.15) is 11.1 Å². The Morgan fingerprint density at radius 3 is 2.76 bits per heavy atom. The van der Waals surface area contributed by atoms with E-state index in [0.29, 0.717) is 34.5 Å². The van der Waals surface area contributed by atoms with Crippen LogP contribution in [0, 0.1) is 4.77 Å². The minimum atomic E-state index is 0.363. The fourth-order valence-electron chi connectivity index (χ4n) is 2.71. The number of aromatic amines is 1. The van der Waals surface area contributed by atoms with Gasteiger partial charge in [0, 0.05) is 0 Å². The Labute approximate surface area is 172 Å². The molecule has 29 heavy (non-hydrogen) atoms. The summed E-state index contributed by atoms with van der Waals surface area (Å²) in [5.74, 6) is 2.33. The van der Waals surface area contributed by atoms with Crippen LogP contribution < -0.4 is 9.47 Å². The number of furan rings is 1. The van der Waals surface area contributed by atoms with Crippen molar-refractivity contribution in [1.82, 2.24) is 14.9 Å². The van der Waals surface area contributed by atoms with Gasteiger partial charge in [-0.15, -0.1) is 5.10 Å². The van der Waals surface area contributed by atoms with Crippen molar-refractivity contribution in [3.05, 3.63) is 82.8 Å². The van der Waals surface area contributed by atoms with E-state index < -0.39 is 0 Å². The molecule has 2 aromatic carbocycles. The molecule has 0 aliphatic carbocycles. The van der Waals surface area contributed by atoms with E-state index in [1.165, 1.54) is 4.68 Å². The quantitative estimate of drug-likeness (QED) is 0.356. The number of benzene rings is 2. The number of nitrogens with zero attached hydrogens (tertiary/aromatic N) is 3. The second-order valence-corrected chi connectivity index (χ2v) is 6.46. The van der Waals surface area contributed by atoms with E-state index in [0.717, 1.165) is 11.1 Å². The lowest BCUT2D eigenvalue weighted by Crippen LogP contribution is -1.99. The molecule has 0 unspecified atom stereocenters. The highest BCUT2D eigenvalue weighted by molar-refractivity contribution is 7.71. The highest BCUT2D eigenvalue weighted by atomic mass is 32.1. The Hall–Kier alpha value is -3.65. The van der Waals surface area contributed by atoms with E-state index in [2.05, 4.69) is 15.3 Å². The Morgan fingerprint density at radius 1 is 1.14 bits per heavy atom. The standard InChI is InChI=1S/C21H18N4O3S/c1-26-19-12-16(9-10-17(19)28-14-15-6-3-2-4-7-15)13-22-25-20(23-24-21(25)29)18-8-5-11-27-18/h2-13H,14H2,1H3,(H,24,29)/b22-13+. The minimum Gasteiger partial charge on any atom is -0.493 e. The van der Waals surface area contributed by atoms with Gasteiger partial charge in [-0.3, -0.25) is 0 Å². The molecule has 4 rings (SSSR count). The summed E-state index contributed by atoms with van der Waals surface area (Å²) < 4.78 is 18.6. The molecule has 0 aliphatic rings.